The summed E-state index contributed by atoms with van der Waals surface area (Å²) in [6.07, 6.45) is -0.108. The molecule has 0 bridgehead atoms. The van der Waals surface area contributed by atoms with Crippen molar-refractivity contribution in [3.05, 3.63) is 53.1 Å². The molecule has 2 aliphatic heterocycles. The number of para-hydroxylation sites is 2. The number of nitrogens with zero attached hydrogens (tertiary/aromatic N) is 2. The number of rotatable bonds is 5. The third-order valence-electron chi connectivity index (χ3n) is 5.69. The Bertz CT molecular complexity index is 1120. The van der Waals surface area contributed by atoms with E-state index < -0.39 is 17.8 Å². The number of hydrogen-bond acceptors (Lipinski definition) is 8. The Balaban J connectivity index is 1.32. The number of benzene rings is 2. The summed E-state index contributed by atoms with van der Waals surface area (Å²) in [6, 6.07) is 11.3. The number of fused-ring (bicyclic) bond motifs is 2. The highest BCUT2D eigenvalue weighted by Gasteiger charge is 2.40. The Hall–Kier alpha value is -2.68. The van der Waals surface area contributed by atoms with Crippen molar-refractivity contribution >= 4 is 34.4 Å². The average Bonchev–Trinajstić information content (AvgIpc) is 3.21. The number of Topliss-reactive ketones (excluding diaryl/α,β-unsaturated/α-hetero) is 2. The molecule has 1 unspecified atom stereocenters. The molecule has 0 radical (unpaired) electrons. The zero-order valence-corrected chi connectivity index (χ0v) is 17.9. The van der Waals surface area contributed by atoms with Crippen molar-refractivity contribution in [3.8, 4) is 5.75 Å². The van der Waals surface area contributed by atoms with Gasteiger partial charge in [-0.15, -0.1) is 0 Å². The molecule has 1 saturated heterocycles. The van der Waals surface area contributed by atoms with Crippen LogP contribution >= 0.6 is 11.8 Å². The van der Waals surface area contributed by atoms with Crippen LogP contribution in [-0.4, -0.2) is 59.7 Å². The molecule has 2 aromatic carbocycles. The van der Waals surface area contributed by atoms with Gasteiger partial charge in [0.1, 0.15) is 11.3 Å². The van der Waals surface area contributed by atoms with Crippen molar-refractivity contribution in [3.63, 3.8) is 0 Å². The van der Waals surface area contributed by atoms with Crippen LogP contribution in [0.2, 0.25) is 0 Å². The van der Waals surface area contributed by atoms with Crippen molar-refractivity contribution in [2.45, 2.75) is 24.8 Å². The minimum atomic E-state index is -0.869. The van der Waals surface area contributed by atoms with Crippen LogP contribution < -0.4 is 4.74 Å². The molecule has 0 amide bonds. The first-order valence-electron chi connectivity index (χ1n) is 10.3. The minimum Gasteiger partial charge on any atom is -0.466 e. The van der Waals surface area contributed by atoms with E-state index in [2.05, 4.69) is 4.98 Å². The predicted octanol–water partition coefficient (Wildman–Crippen LogP) is 3.27. The summed E-state index contributed by atoms with van der Waals surface area (Å²) in [5.74, 6) is 0.304. The lowest BCUT2D eigenvalue weighted by Gasteiger charge is -2.36. The van der Waals surface area contributed by atoms with Gasteiger partial charge in [-0.3, -0.25) is 14.5 Å². The predicted molar refractivity (Wildman–Crippen MR) is 116 cm³/mol. The van der Waals surface area contributed by atoms with Crippen LogP contribution in [0.25, 0.3) is 11.1 Å². The van der Waals surface area contributed by atoms with Crippen LogP contribution in [0.3, 0.4) is 0 Å². The summed E-state index contributed by atoms with van der Waals surface area (Å²) in [4.78, 5) is 31.7. The van der Waals surface area contributed by atoms with E-state index in [-0.39, 0.29) is 0 Å². The molecule has 1 fully saturated rings. The van der Waals surface area contributed by atoms with Crippen molar-refractivity contribution in [2.75, 3.05) is 32.1 Å². The van der Waals surface area contributed by atoms with Crippen molar-refractivity contribution < 1.29 is 23.5 Å². The quantitative estimate of drug-likeness (QED) is 0.443. The maximum Gasteiger partial charge on any atom is 0.259 e. The number of ether oxygens (including phenoxy) is 2. The number of ketones is 2. The largest absolute Gasteiger partial charge is 0.466 e. The summed E-state index contributed by atoms with van der Waals surface area (Å²) in [7, 11) is 0. The molecule has 8 heteroatoms. The fourth-order valence-corrected chi connectivity index (χ4v) is 4.77. The van der Waals surface area contributed by atoms with E-state index in [1.807, 2.05) is 42.2 Å². The van der Waals surface area contributed by atoms with Gasteiger partial charge in [0.2, 0.25) is 12.0 Å². The van der Waals surface area contributed by atoms with E-state index in [9.17, 15) is 9.59 Å². The summed E-state index contributed by atoms with van der Waals surface area (Å²) in [5.41, 5.74) is 3.95. The topological polar surface area (TPSA) is 81.9 Å². The molecular weight excluding hydrogens is 416 g/mol. The first-order chi connectivity index (χ1) is 15.1. The SMILES string of the molecule is Cc1c(CCSc2nc3ccccc3o2)ccc2c1OC(N1CCOCC1)C(=O)C2=O. The second-order valence-corrected chi connectivity index (χ2v) is 8.63. The maximum absolute atomic E-state index is 12.7. The zero-order chi connectivity index (χ0) is 21.4. The molecule has 7 nitrogen and oxygen atoms in total. The Morgan fingerprint density at radius 3 is 2.74 bits per heavy atom. The fraction of sp³-hybridized carbons (Fsp3) is 0.348. The lowest BCUT2D eigenvalue weighted by molar-refractivity contribution is -0.134. The molecular formula is C23H22N2O5S. The summed E-state index contributed by atoms with van der Waals surface area (Å²) < 4.78 is 17.2. The van der Waals surface area contributed by atoms with E-state index in [0.29, 0.717) is 42.8 Å². The highest BCUT2D eigenvalue weighted by Crippen LogP contribution is 2.34. The average molecular weight is 439 g/mol. The number of aryl methyl sites for hydroxylation is 1. The van der Waals surface area contributed by atoms with Gasteiger partial charge in [0, 0.05) is 18.8 Å². The second kappa shape index (κ2) is 8.45. The first kappa shape index (κ1) is 20.2. The van der Waals surface area contributed by atoms with Crippen LogP contribution in [0.5, 0.6) is 5.75 Å². The van der Waals surface area contributed by atoms with Gasteiger partial charge in [0.15, 0.2) is 5.58 Å². The Morgan fingerprint density at radius 1 is 1.13 bits per heavy atom. The third kappa shape index (κ3) is 3.86. The smallest absolute Gasteiger partial charge is 0.259 e. The van der Waals surface area contributed by atoms with Gasteiger partial charge in [-0.2, -0.15) is 0 Å². The number of carbonyl (C=O) groups is 2. The van der Waals surface area contributed by atoms with Crippen molar-refractivity contribution in [1.82, 2.24) is 9.88 Å². The normalized spacial score (nSPS) is 19.5. The summed E-state index contributed by atoms with van der Waals surface area (Å²) in [6.45, 7) is 4.13. The van der Waals surface area contributed by atoms with Gasteiger partial charge in [0.25, 0.3) is 11.0 Å². The molecule has 0 N–H and O–H groups in total. The van der Waals surface area contributed by atoms with E-state index >= 15 is 0 Å². The number of morpholine rings is 1. The zero-order valence-electron chi connectivity index (χ0n) is 17.1. The molecule has 5 rings (SSSR count). The molecule has 31 heavy (non-hydrogen) atoms. The molecule has 3 heterocycles. The second-order valence-electron chi connectivity index (χ2n) is 7.58. The van der Waals surface area contributed by atoms with Crippen LogP contribution in [0.15, 0.2) is 46.0 Å². The van der Waals surface area contributed by atoms with Gasteiger partial charge in [0.05, 0.1) is 18.8 Å². The minimum absolute atomic E-state index is 0.349. The first-order valence-corrected chi connectivity index (χ1v) is 11.3. The standard InChI is InChI=1S/C23H22N2O5S/c1-14-15(8-13-31-23-24-17-4-2-3-5-18(17)29-23)6-7-16-19(26)20(27)22(30-21(14)16)25-9-11-28-12-10-25/h2-7,22H,8-13H2,1H3. The molecule has 160 valence electrons. The number of thioether (sulfide) groups is 1. The molecule has 2 aliphatic rings. The van der Waals surface area contributed by atoms with Gasteiger partial charge in [-0.1, -0.05) is 30.0 Å². The third-order valence-corrected chi connectivity index (χ3v) is 6.52. The highest BCUT2D eigenvalue weighted by atomic mass is 32.2. The molecule has 0 saturated carbocycles. The Labute approximate surface area is 183 Å². The van der Waals surface area contributed by atoms with Crippen LogP contribution in [-0.2, 0) is 16.0 Å². The molecule has 0 aliphatic carbocycles. The van der Waals surface area contributed by atoms with Crippen LogP contribution in [0.1, 0.15) is 21.5 Å². The number of hydrogen-bond donors (Lipinski definition) is 0. The monoisotopic (exact) mass is 438 g/mol. The highest BCUT2D eigenvalue weighted by molar-refractivity contribution is 7.99. The molecule has 0 spiro atoms. The molecule has 3 aromatic rings. The Kier molecular flexibility index (Phi) is 5.52. The van der Waals surface area contributed by atoms with E-state index in [1.165, 1.54) is 0 Å². The molecule has 1 aromatic heterocycles. The van der Waals surface area contributed by atoms with Gasteiger partial charge in [-0.25, -0.2) is 4.98 Å². The van der Waals surface area contributed by atoms with Gasteiger partial charge < -0.3 is 13.9 Å². The van der Waals surface area contributed by atoms with Crippen LogP contribution in [0.4, 0.5) is 0 Å². The van der Waals surface area contributed by atoms with E-state index in [4.69, 9.17) is 13.9 Å². The van der Waals surface area contributed by atoms with E-state index in [0.717, 1.165) is 34.4 Å². The fourth-order valence-electron chi connectivity index (χ4n) is 3.96. The number of oxazole rings is 1. The lowest BCUT2D eigenvalue weighted by atomic mass is 9.95. The lowest BCUT2D eigenvalue weighted by Crippen LogP contribution is -2.54. The molecule has 1 atom stereocenters. The number of aromatic nitrogens is 1. The van der Waals surface area contributed by atoms with E-state index in [1.54, 1.807) is 17.8 Å². The van der Waals surface area contributed by atoms with Gasteiger partial charge >= 0.3 is 0 Å². The van der Waals surface area contributed by atoms with Gasteiger partial charge in [-0.05, 0) is 42.7 Å². The van der Waals surface area contributed by atoms with Crippen LogP contribution in [0, 0.1) is 6.92 Å². The summed E-state index contributed by atoms with van der Waals surface area (Å²) >= 11 is 1.55. The maximum atomic E-state index is 12.7. The van der Waals surface area contributed by atoms with Crippen molar-refractivity contribution in [1.29, 1.82) is 0 Å². The summed E-state index contributed by atoms with van der Waals surface area (Å²) in [5, 5.41) is 0.640. The van der Waals surface area contributed by atoms with Crippen molar-refractivity contribution in [2.24, 2.45) is 0 Å². The number of carbonyl (C=O) groups excluding carboxylic acids is 2. The Morgan fingerprint density at radius 2 is 1.94 bits per heavy atom.